The van der Waals surface area contributed by atoms with Crippen LogP contribution in [0.5, 0.6) is 0 Å². The van der Waals surface area contributed by atoms with Crippen LogP contribution in [0.3, 0.4) is 0 Å². The number of hydrogen-bond donors (Lipinski definition) is 1. The van der Waals surface area contributed by atoms with Crippen LogP contribution >= 0.6 is 23.1 Å². The molecule has 2 aromatic heterocycles. The number of hydrogen-bond acceptors (Lipinski definition) is 8. The van der Waals surface area contributed by atoms with Crippen LogP contribution in [0.1, 0.15) is 5.89 Å². The van der Waals surface area contributed by atoms with Crippen molar-refractivity contribution in [2.45, 2.75) is 10.1 Å². The molecule has 0 saturated carbocycles. The molecule has 0 saturated heterocycles. The van der Waals surface area contributed by atoms with Gasteiger partial charge in [0.15, 0.2) is 9.92 Å². The Morgan fingerprint density at radius 2 is 2.20 bits per heavy atom. The van der Waals surface area contributed by atoms with Gasteiger partial charge in [0.1, 0.15) is 5.52 Å². The number of para-hydroxylation sites is 1. The van der Waals surface area contributed by atoms with E-state index in [0.717, 1.165) is 9.47 Å². The van der Waals surface area contributed by atoms with Crippen molar-refractivity contribution >= 4 is 45.0 Å². The lowest BCUT2D eigenvalue weighted by atomic mass is 10.3. The fraction of sp³-hybridized carbons (Fsp3) is 0.250. The quantitative estimate of drug-likeness (QED) is 0.586. The summed E-state index contributed by atoms with van der Waals surface area (Å²) < 4.78 is 6.55. The molecule has 1 aromatic carbocycles. The molecule has 104 valence electrons. The number of nitrogens with two attached hydrogens (primary N) is 1. The lowest BCUT2D eigenvalue weighted by Gasteiger charge is -2.03. The lowest BCUT2D eigenvalue weighted by Crippen LogP contribution is -2.07. The number of rotatable bonds is 4. The molecular formula is C12H13N5OS2. The van der Waals surface area contributed by atoms with E-state index < -0.39 is 0 Å². The molecular weight excluding hydrogens is 294 g/mol. The average molecular weight is 307 g/mol. The summed E-state index contributed by atoms with van der Waals surface area (Å²) >= 11 is 3.10. The van der Waals surface area contributed by atoms with Crippen LogP contribution in [0.4, 0.5) is 10.8 Å². The average Bonchev–Trinajstić information content (AvgIpc) is 3.03. The Kier molecular flexibility index (Phi) is 3.49. The fourth-order valence-corrected chi connectivity index (χ4v) is 3.25. The maximum atomic E-state index is 5.86. The summed E-state index contributed by atoms with van der Waals surface area (Å²) in [6.07, 6.45) is 0. The number of nitrogen functional groups attached to an aromatic ring is 1. The molecule has 6 nitrogen and oxygen atoms in total. The van der Waals surface area contributed by atoms with E-state index in [9.17, 15) is 0 Å². The first kappa shape index (κ1) is 13.2. The van der Waals surface area contributed by atoms with Crippen molar-refractivity contribution < 1.29 is 4.42 Å². The van der Waals surface area contributed by atoms with Crippen molar-refractivity contribution in [2.75, 3.05) is 24.7 Å². The van der Waals surface area contributed by atoms with Gasteiger partial charge in [-0.25, -0.2) is 4.98 Å². The van der Waals surface area contributed by atoms with Crippen molar-refractivity contribution in [3.63, 3.8) is 0 Å². The van der Waals surface area contributed by atoms with E-state index in [1.807, 2.05) is 37.2 Å². The summed E-state index contributed by atoms with van der Waals surface area (Å²) in [5, 5.41) is 9.09. The summed E-state index contributed by atoms with van der Waals surface area (Å²) in [6, 6.07) is 5.53. The van der Waals surface area contributed by atoms with Crippen LogP contribution in [0.15, 0.2) is 27.0 Å². The van der Waals surface area contributed by atoms with Gasteiger partial charge in [-0.15, -0.1) is 10.2 Å². The molecule has 0 aliphatic heterocycles. The molecule has 0 radical (unpaired) electrons. The Morgan fingerprint density at radius 1 is 1.35 bits per heavy atom. The molecule has 0 spiro atoms. The molecule has 8 heteroatoms. The second-order valence-corrected chi connectivity index (χ2v) is 6.51. The first-order chi connectivity index (χ1) is 9.63. The minimum Gasteiger partial charge on any atom is -0.440 e. The van der Waals surface area contributed by atoms with E-state index in [0.29, 0.717) is 28.4 Å². The van der Waals surface area contributed by atoms with E-state index in [2.05, 4.69) is 15.2 Å². The van der Waals surface area contributed by atoms with E-state index in [1.165, 1.54) is 0 Å². The third-order valence-corrected chi connectivity index (χ3v) is 4.80. The van der Waals surface area contributed by atoms with E-state index in [-0.39, 0.29) is 0 Å². The number of nitrogens with zero attached hydrogens (tertiary/aromatic N) is 4. The second-order valence-electron chi connectivity index (χ2n) is 4.34. The SMILES string of the molecule is CN(C)c1nnc(SCc2nc3c(N)cccc3o2)s1. The van der Waals surface area contributed by atoms with E-state index in [4.69, 9.17) is 10.2 Å². The third kappa shape index (κ3) is 2.56. The van der Waals surface area contributed by atoms with Gasteiger partial charge >= 0.3 is 0 Å². The largest absolute Gasteiger partial charge is 0.440 e. The van der Waals surface area contributed by atoms with Crippen LogP contribution in [0, 0.1) is 0 Å². The summed E-state index contributed by atoms with van der Waals surface area (Å²) in [7, 11) is 3.89. The van der Waals surface area contributed by atoms with Crippen LogP contribution in [0.25, 0.3) is 11.1 Å². The normalized spacial score (nSPS) is 11.1. The van der Waals surface area contributed by atoms with Crippen molar-refractivity contribution in [1.82, 2.24) is 15.2 Å². The van der Waals surface area contributed by atoms with Gasteiger partial charge in [0, 0.05) is 14.1 Å². The highest BCUT2D eigenvalue weighted by Gasteiger charge is 2.11. The molecule has 0 atom stereocenters. The van der Waals surface area contributed by atoms with Crippen molar-refractivity contribution in [3.05, 3.63) is 24.1 Å². The summed E-state index contributed by atoms with van der Waals surface area (Å²) in [5.41, 5.74) is 7.92. The zero-order valence-corrected chi connectivity index (χ0v) is 12.7. The zero-order chi connectivity index (χ0) is 14.1. The summed E-state index contributed by atoms with van der Waals surface area (Å²) in [4.78, 5) is 6.34. The smallest absolute Gasteiger partial charge is 0.208 e. The Hall–Kier alpha value is -1.80. The highest BCUT2D eigenvalue weighted by Crippen LogP contribution is 2.30. The number of thioether (sulfide) groups is 1. The Bertz CT molecular complexity index is 736. The van der Waals surface area contributed by atoms with Gasteiger partial charge in [0.2, 0.25) is 11.0 Å². The van der Waals surface area contributed by atoms with Crippen molar-refractivity contribution in [3.8, 4) is 0 Å². The molecule has 2 N–H and O–H groups in total. The third-order valence-electron chi connectivity index (χ3n) is 2.59. The van der Waals surface area contributed by atoms with Gasteiger partial charge in [-0.3, -0.25) is 0 Å². The molecule has 2 heterocycles. The molecule has 0 aliphatic carbocycles. The van der Waals surface area contributed by atoms with Crippen LogP contribution in [0.2, 0.25) is 0 Å². The second kappa shape index (κ2) is 5.29. The van der Waals surface area contributed by atoms with Gasteiger partial charge in [0.25, 0.3) is 0 Å². The minimum atomic E-state index is 0.607. The monoisotopic (exact) mass is 307 g/mol. The molecule has 0 unspecified atom stereocenters. The highest BCUT2D eigenvalue weighted by molar-refractivity contribution is 8.00. The Morgan fingerprint density at radius 3 is 2.90 bits per heavy atom. The molecule has 0 amide bonds. The predicted molar refractivity (Wildman–Crippen MR) is 82.2 cm³/mol. The Balaban J connectivity index is 1.74. The standard InChI is InChI=1S/C12H13N5OS2/c1-17(2)11-15-16-12(20-11)19-6-9-14-10-7(13)4-3-5-8(10)18-9/h3-5H,6,13H2,1-2H3. The number of aromatic nitrogens is 3. The van der Waals surface area contributed by atoms with Crippen molar-refractivity contribution in [2.24, 2.45) is 0 Å². The number of benzene rings is 1. The molecule has 3 rings (SSSR count). The van der Waals surface area contributed by atoms with Crippen LogP contribution in [-0.2, 0) is 5.75 Å². The molecule has 20 heavy (non-hydrogen) atoms. The maximum Gasteiger partial charge on any atom is 0.208 e. The number of oxazole rings is 1. The van der Waals surface area contributed by atoms with Crippen LogP contribution in [-0.4, -0.2) is 29.3 Å². The molecule has 0 aliphatic rings. The van der Waals surface area contributed by atoms with Crippen LogP contribution < -0.4 is 10.6 Å². The first-order valence-electron chi connectivity index (χ1n) is 5.91. The van der Waals surface area contributed by atoms with Crippen molar-refractivity contribution in [1.29, 1.82) is 0 Å². The molecule has 0 fully saturated rings. The fourth-order valence-electron chi connectivity index (χ4n) is 1.64. The maximum absolute atomic E-state index is 5.86. The van der Waals surface area contributed by atoms with Gasteiger partial charge in [-0.1, -0.05) is 29.2 Å². The van der Waals surface area contributed by atoms with E-state index >= 15 is 0 Å². The lowest BCUT2D eigenvalue weighted by molar-refractivity contribution is 0.556. The summed E-state index contributed by atoms with van der Waals surface area (Å²) in [5.74, 6) is 1.25. The van der Waals surface area contributed by atoms with Gasteiger partial charge in [-0.05, 0) is 12.1 Å². The Labute approximate surface area is 124 Å². The number of anilines is 2. The first-order valence-corrected chi connectivity index (χ1v) is 7.71. The zero-order valence-electron chi connectivity index (χ0n) is 11.0. The minimum absolute atomic E-state index is 0.607. The summed E-state index contributed by atoms with van der Waals surface area (Å²) in [6.45, 7) is 0. The van der Waals surface area contributed by atoms with Gasteiger partial charge in [0.05, 0.1) is 11.4 Å². The molecule has 0 bridgehead atoms. The van der Waals surface area contributed by atoms with Gasteiger partial charge < -0.3 is 15.1 Å². The van der Waals surface area contributed by atoms with Gasteiger partial charge in [-0.2, -0.15) is 0 Å². The topological polar surface area (TPSA) is 81.1 Å². The number of fused-ring (bicyclic) bond motifs is 1. The van der Waals surface area contributed by atoms with E-state index in [1.54, 1.807) is 23.1 Å². The predicted octanol–water partition coefficient (Wildman–Crippen LogP) is 2.62. The molecule has 3 aromatic rings. The highest BCUT2D eigenvalue weighted by atomic mass is 32.2.